The van der Waals surface area contributed by atoms with Crippen molar-refractivity contribution in [2.24, 2.45) is 5.14 Å². The Morgan fingerprint density at radius 2 is 1.36 bits per heavy atom. The Hall–Kier alpha value is -3.31. The first kappa shape index (κ1) is 27.3. The number of halogens is 3. The van der Waals surface area contributed by atoms with Gasteiger partial charge in [0.05, 0.1) is 22.7 Å². The molecular weight excluding hydrogens is 649 g/mol. The zero-order chi connectivity index (χ0) is 27.6. The van der Waals surface area contributed by atoms with Crippen LogP contribution in [0.2, 0.25) is 0 Å². The largest absolute Gasteiger partial charge is 0.471 e. The first-order valence-corrected chi connectivity index (χ1v) is 14.9. The highest BCUT2D eigenvalue weighted by atomic mass is 79.9. The third kappa shape index (κ3) is 6.14. The number of hydrogen-bond acceptors (Lipinski definition) is 4. The van der Waals surface area contributed by atoms with Gasteiger partial charge < -0.3 is 4.74 Å². The molecule has 0 atom stereocenters. The molecule has 0 aliphatic rings. The standard InChI is InChI=1S/C29H22Br2FN3O3S/c30-25-7-3-1-5-21(25)17-35-28(20-11-15-24(16-12-20)39(33,36)37)27(19-9-13-23(32)14-10-19)29(34-35)38-18-22-6-2-4-8-26(22)31/h1-16H,17-18H2,(H2,33,36,37). The molecule has 0 aliphatic heterocycles. The Bertz CT molecular complexity index is 1740. The van der Waals surface area contributed by atoms with E-state index in [1.807, 2.05) is 48.5 Å². The predicted octanol–water partition coefficient (Wildman–Crippen LogP) is 7.16. The minimum absolute atomic E-state index is 0.00291. The molecule has 39 heavy (non-hydrogen) atoms. The summed E-state index contributed by atoms with van der Waals surface area (Å²) in [4.78, 5) is -0.00291. The monoisotopic (exact) mass is 669 g/mol. The number of aromatic nitrogens is 2. The number of sulfonamides is 1. The van der Waals surface area contributed by atoms with Crippen LogP contribution in [0.25, 0.3) is 22.4 Å². The van der Waals surface area contributed by atoms with Crippen LogP contribution in [0.1, 0.15) is 11.1 Å². The van der Waals surface area contributed by atoms with Crippen molar-refractivity contribution >= 4 is 41.9 Å². The van der Waals surface area contributed by atoms with E-state index in [1.165, 1.54) is 24.3 Å². The Morgan fingerprint density at radius 3 is 1.95 bits per heavy atom. The molecule has 0 saturated carbocycles. The van der Waals surface area contributed by atoms with Gasteiger partial charge in [-0.2, -0.15) is 0 Å². The topological polar surface area (TPSA) is 87.2 Å². The van der Waals surface area contributed by atoms with Crippen molar-refractivity contribution in [1.29, 1.82) is 0 Å². The molecule has 10 heteroatoms. The highest BCUT2D eigenvalue weighted by Gasteiger charge is 2.24. The smallest absolute Gasteiger partial charge is 0.241 e. The molecule has 5 rings (SSSR count). The lowest BCUT2D eigenvalue weighted by Gasteiger charge is -2.12. The van der Waals surface area contributed by atoms with Crippen molar-refractivity contribution in [3.63, 3.8) is 0 Å². The summed E-state index contributed by atoms with van der Waals surface area (Å²) in [5, 5.41) is 10.2. The van der Waals surface area contributed by atoms with Crippen LogP contribution in [0.15, 0.2) is 111 Å². The molecule has 0 radical (unpaired) electrons. The summed E-state index contributed by atoms with van der Waals surface area (Å²) >= 11 is 7.17. The van der Waals surface area contributed by atoms with Gasteiger partial charge in [-0.1, -0.05) is 92.5 Å². The summed E-state index contributed by atoms with van der Waals surface area (Å²) in [6, 6.07) is 27.9. The van der Waals surface area contributed by atoms with E-state index in [0.717, 1.165) is 20.1 Å². The molecule has 0 spiro atoms. The molecule has 6 nitrogen and oxygen atoms in total. The summed E-state index contributed by atoms with van der Waals surface area (Å²) in [5.74, 6) is -0.0102. The van der Waals surface area contributed by atoms with Crippen LogP contribution in [0.5, 0.6) is 5.88 Å². The molecule has 0 bridgehead atoms. The number of nitrogens with zero attached hydrogens (tertiary/aromatic N) is 2. The average Bonchev–Trinajstić information content (AvgIpc) is 3.27. The van der Waals surface area contributed by atoms with Crippen LogP contribution in [0.3, 0.4) is 0 Å². The van der Waals surface area contributed by atoms with Crippen LogP contribution >= 0.6 is 31.9 Å². The lowest BCUT2D eigenvalue weighted by Crippen LogP contribution is -2.12. The molecule has 1 heterocycles. The Balaban J connectivity index is 1.70. The second-order valence-electron chi connectivity index (χ2n) is 8.73. The molecule has 0 fully saturated rings. The summed E-state index contributed by atoms with van der Waals surface area (Å²) in [6.45, 7) is 0.631. The minimum atomic E-state index is -3.87. The maximum atomic E-state index is 13.9. The molecule has 2 N–H and O–H groups in total. The van der Waals surface area contributed by atoms with E-state index in [9.17, 15) is 12.8 Å². The first-order chi connectivity index (χ1) is 18.7. The predicted molar refractivity (Wildman–Crippen MR) is 156 cm³/mol. The molecule has 198 valence electrons. The number of ether oxygens (including phenoxy) is 1. The number of benzene rings is 4. The van der Waals surface area contributed by atoms with E-state index < -0.39 is 10.0 Å². The normalized spacial score (nSPS) is 11.5. The Morgan fingerprint density at radius 1 is 0.795 bits per heavy atom. The van der Waals surface area contributed by atoms with Crippen LogP contribution in [0.4, 0.5) is 4.39 Å². The first-order valence-electron chi connectivity index (χ1n) is 11.8. The number of primary sulfonamides is 1. The Kier molecular flexibility index (Phi) is 7.99. The minimum Gasteiger partial charge on any atom is -0.471 e. The van der Waals surface area contributed by atoms with Crippen LogP contribution in [-0.2, 0) is 23.2 Å². The van der Waals surface area contributed by atoms with Gasteiger partial charge in [0.1, 0.15) is 12.4 Å². The van der Waals surface area contributed by atoms with Gasteiger partial charge in [0.2, 0.25) is 15.9 Å². The van der Waals surface area contributed by atoms with E-state index in [0.29, 0.717) is 34.8 Å². The van der Waals surface area contributed by atoms with Gasteiger partial charge in [-0.15, -0.1) is 5.10 Å². The van der Waals surface area contributed by atoms with E-state index in [1.54, 1.807) is 28.9 Å². The van der Waals surface area contributed by atoms with E-state index >= 15 is 0 Å². The van der Waals surface area contributed by atoms with E-state index in [2.05, 4.69) is 31.9 Å². The van der Waals surface area contributed by atoms with Crippen molar-refractivity contribution in [2.45, 2.75) is 18.0 Å². The molecule has 4 aromatic carbocycles. The maximum absolute atomic E-state index is 13.9. The Labute approximate surface area is 242 Å². The number of hydrogen-bond donors (Lipinski definition) is 1. The van der Waals surface area contributed by atoms with Crippen LogP contribution in [-0.4, -0.2) is 18.2 Å². The highest BCUT2D eigenvalue weighted by Crippen LogP contribution is 2.41. The van der Waals surface area contributed by atoms with Crippen molar-refractivity contribution in [3.05, 3.63) is 123 Å². The maximum Gasteiger partial charge on any atom is 0.241 e. The van der Waals surface area contributed by atoms with E-state index in [-0.39, 0.29) is 17.3 Å². The summed E-state index contributed by atoms with van der Waals surface area (Å²) in [6.07, 6.45) is 0. The molecular formula is C29H22Br2FN3O3S. The second kappa shape index (κ2) is 11.4. The summed E-state index contributed by atoms with van der Waals surface area (Å²) in [7, 11) is -3.87. The average molecular weight is 671 g/mol. The van der Waals surface area contributed by atoms with Crippen molar-refractivity contribution in [1.82, 2.24) is 9.78 Å². The quantitative estimate of drug-likeness (QED) is 0.190. The third-order valence-electron chi connectivity index (χ3n) is 6.11. The van der Waals surface area contributed by atoms with Crippen molar-refractivity contribution < 1.29 is 17.5 Å². The second-order valence-corrected chi connectivity index (χ2v) is 12.0. The van der Waals surface area contributed by atoms with Gasteiger partial charge >= 0.3 is 0 Å². The van der Waals surface area contributed by atoms with E-state index in [4.69, 9.17) is 15.0 Å². The van der Waals surface area contributed by atoms with Gasteiger partial charge in [-0.05, 0) is 47.5 Å². The SMILES string of the molecule is NS(=O)(=O)c1ccc(-c2c(-c3ccc(F)cc3)c(OCc3ccccc3Br)nn2Cc2ccccc2Br)cc1. The lowest BCUT2D eigenvalue weighted by molar-refractivity contribution is 0.290. The van der Waals surface area contributed by atoms with Crippen molar-refractivity contribution in [3.8, 4) is 28.3 Å². The van der Waals surface area contributed by atoms with Gasteiger partial charge in [-0.25, -0.2) is 17.9 Å². The fraction of sp³-hybridized carbons (Fsp3) is 0.0690. The van der Waals surface area contributed by atoms with Gasteiger partial charge in [0, 0.05) is 20.1 Å². The van der Waals surface area contributed by atoms with Gasteiger partial charge in [0.15, 0.2) is 0 Å². The lowest BCUT2D eigenvalue weighted by atomic mass is 10.0. The summed E-state index contributed by atoms with van der Waals surface area (Å²) < 4.78 is 47.6. The highest BCUT2D eigenvalue weighted by molar-refractivity contribution is 9.10. The molecule has 0 amide bonds. The number of rotatable bonds is 8. The fourth-order valence-electron chi connectivity index (χ4n) is 4.18. The molecule has 1 aromatic heterocycles. The molecule has 0 unspecified atom stereocenters. The van der Waals surface area contributed by atoms with Crippen molar-refractivity contribution in [2.75, 3.05) is 0 Å². The summed E-state index contributed by atoms with van der Waals surface area (Å²) in [5.41, 5.74) is 4.63. The zero-order valence-electron chi connectivity index (χ0n) is 20.4. The van der Waals surface area contributed by atoms with Crippen LogP contribution < -0.4 is 9.88 Å². The molecule has 0 saturated heterocycles. The molecule has 5 aromatic rings. The van der Waals surface area contributed by atoms with Gasteiger partial charge in [-0.3, -0.25) is 4.68 Å². The van der Waals surface area contributed by atoms with Gasteiger partial charge in [0.25, 0.3) is 0 Å². The third-order valence-corrected chi connectivity index (χ3v) is 8.59. The van der Waals surface area contributed by atoms with Crippen LogP contribution in [0, 0.1) is 5.82 Å². The fourth-order valence-corrected chi connectivity index (χ4v) is 5.50. The molecule has 0 aliphatic carbocycles. The number of nitrogens with two attached hydrogens (primary N) is 1. The zero-order valence-corrected chi connectivity index (χ0v) is 24.4.